The van der Waals surface area contributed by atoms with Crippen molar-refractivity contribution in [2.45, 2.75) is 45.2 Å². The summed E-state index contributed by atoms with van der Waals surface area (Å²) in [5.41, 5.74) is 4.61. The van der Waals surface area contributed by atoms with Crippen LogP contribution < -0.4 is 5.32 Å². The van der Waals surface area contributed by atoms with Crippen LogP contribution >= 0.6 is 0 Å². The molecule has 2 aliphatic rings. The SMILES string of the molecule is Cc1ccc(CC(=O)N2CCC[C@H]2c2ncc3c(n2)CCNC3)cc1. The molecule has 1 saturated heterocycles. The monoisotopic (exact) mass is 336 g/mol. The van der Waals surface area contributed by atoms with Gasteiger partial charge in [0.25, 0.3) is 0 Å². The highest BCUT2D eigenvalue weighted by molar-refractivity contribution is 5.79. The lowest BCUT2D eigenvalue weighted by molar-refractivity contribution is -0.131. The molecule has 1 aromatic carbocycles. The van der Waals surface area contributed by atoms with Gasteiger partial charge in [-0.1, -0.05) is 29.8 Å². The summed E-state index contributed by atoms with van der Waals surface area (Å²) in [6, 6.07) is 8.23. The Balaban J connectivity index is 1.51. The van der Waals surface area contributed by atoms with Crippen LogP contribution in [0.5, 0.6) is 0 Å². The van der Waals surface area contributed by atoms with E-state index in [0.29, 0.717) is 6.42 Å². The van der Waals surface area contributed by atoms with Crippen molar-refractivity contribution in [2.75, 3.05) is 13.1 Å². The van der Waals surface area contributed by atoms with E-state index in [4.69, 9.17) is 4.98 Å². The van der Waals surface area contributed by atoms with E-state index in [9.17, 15) is 4.79 Å². The van der Waals surface area contributed by atoms with E-state index in [2.05, 4.69) is 29.4 Å². The molecule has 0 spiro atoms. The first-order chi connectivity index (χ1) is 12.2. The maximum Gasteiger partial charge on any atom is 0.227 e. The minimum atomic E-state index is 0.0261. The van der Waals surface area contributed by atoms with Crippen LogP contribution in [0.2, 0.25) is 0 Å². The van der Waals surface area contributed by atoms with Crippen molar-refractivity contribution >= 4 is 5.91 Å². The van der Waals surface area contributed by atoms with Crippen LogP contribution in [0.3, 0.4) is 0 Å². The second kappa shape index (κ2) is 6.92. The number of fused-ring (bicyclic) bond motifs is 1. The van der Waals surface area contributed by atoms with Crippen LogP contribution in [0.4, 0.5) is 0 Å². The van der Waals surface area contributed by atoms with Gasteiger partial charge in [-0.25, -0.2) is 9.97 Å². The van der Waals surface area contributed by atoms with E-state index < -0.39 is 0 Å². The van der Waals surface area contributed by atoms with Gasteiger partial charge < -0.3 is 10.2 Å². The van der Waals surface area contributed by atoms with Crippen molar-refractivity contribution in [1.29, 1.82) is 0 Å². The molecule has 2 aliphatic heterocycles. The molecular weight excluding hydrogens is 312 g/mol. The first-order valence-corrected chi connectivity index (χ1v) is 9.11. The fraction of sp³-hybridized carbons (Fsp3) is 0.450. The predicted octanol–water partition coefficient (Wildman–Crippen LogP) is 2.34. The number of aryl methyl sites for hydroxylation is 1. The molecule has 1 fully saturated rings. The third-order valence-electron chi connectivity index (χ3n) is 5.17. The number of amides is 1. The molecule has 25 heavy (non-hydrogen) atoms. The third-order valence-corrected chi connectivity index (χ3v) is 5.17. The number of hydrogen-bond donors (Lipinski definition) is 1. The van der Waals surface area contributed by atoms with Gasteiger partial charge >= 0.3 is 0 Å². The van der Waals surface area contributed by atoms with Gasteiger partial charge in [-0.15, -0.1) is 0 Å². The van der Waals surface area contributed by atoms with Gasteiger partial charge in [0.05, 0.1) is 12.5 Å². The molecule has 4 rings (SSSR count). The van der Waals surface area contributed by atoms with Crippen LogP contribution in [0.1, 0.15) is 47.1 Å². The zero-order chi connectivity index (χ0) is 17.2. The molecule has 5 heteroatoms. The predicted molar refractivity (Wildman–Crippen MR) is 96.0 cm³/mol. The summed E-state index contributed by atoms with van der Waals surface area (Å²) in [4.78, 5) is 24.2. The van der Waals surface area contributed by atoms with Gasteiger partial charge in [0, 0.05) is 43.5 Å². The van der Waals surface area contributed by atoms with E-state index >= 15 is 0 Å². The molecule has 0 unspecified atom stereocenters. The van der Waals surface area contributed by atoms with Crippen LogP contribution in [0.25, 0.3) is 0 Å². The molecule has 1 atom stereocenters. The lowest BCUT2D eigenvalue weighted by Crippen LogP contribution is -2.33. The van der Waals surface area contributed by atoms with Gasteiger partial charge in [-0.3, -0.25) is 4.79 Å². The van der Waals surface area contributed by atoms with Gasteiger partial charge in [-0.05, 0) is 25.3 Å². The highest BCUT2D eigenvalue weighted by atomic mass is 16.2. The number of carbonyl (C=O) groups excluding carboxylic acids is 1. The Morgan fingerprint density at radius 3 is 3.00 bits per heavy atom. The Hall–Kier alpha value is -2.27. The largest absolute Gasteiger partial charge is 0.332 e. The minimum Gasteiger partial charge on any atom is -0.332 e. The molecule has 0 aliphatic carbocycles. The number of carbonyl (C=O) groups is 1. The van der Waals surface area contributed by atoms with Crippen LogP contribution in [0.15, 0.2) is 30.5 Å². The molecule has 130 valence electrons. The number of likely N-dealkylation sites (tertiary alicyclic amines) is 1. The standard InChI is InChI=1S/C20H24N4O/c1-14-4-6-15(7-5-14)11-19(25)24-10-2-3-18(24)20-22-13-16-12-21-9-8-17(16)23-20/h4-7,13,18,21H,2-3,8-12H2,1H3/t18-/m0/s1. The van der Waals surface area contributed by atoms with E-state index in [1.54, 1.807) is 0 Å². The van der Waals surface area contributed by atoms with E-state index in [0.717, 1.165) is 56.0 Å². The first-order valence-electron chi connectivity index (χ1n) is 9.11. The van der Waals surface area contributed by atoms with Crippen molar-refractivity contribution < 1.29 is 4.79 Å². The van der Waals surface area contributed by atoms with Crippen molar-refractivity contribution in [1.82, 2.24) is 20.2 Å². The van der Waals surface area contributed by atoms with Crippen molar-refractivity contribution in [3.63, 3.8) is 0 Å². The number of rotatable bonds is 3. The fourth-order valence-corrected chi connectivity index (χ4v) is 3.73. The Kier molecular flexibility index (Phi) is 4.49. The smallest absolute Gasteiger partial charge is 0.227 e. The highest BCUT2D eigenvalue weighted by Crippen LogP contribution is 2.31. The average molecular weight is 336 g/mol. The second-order valence-corrected chi connectivity index (χ2v) is 7.03. The quantitative estimate of drug-likeness (QED) is 0.935. The van der Waals surface area contributed by atoms with Crippen LogP contribution in [0, 0.1) is 6.92 Å². The third kappa shape index (κ3) is 3.42. The van der Waals surface area contributed by atoms with E-state index in [1.165, 1.54) is 11.1 Å². The Morgan fingerprint density at radius 1 is 1.32 bits per heavy atom. The Morgan fingerprint density at radius 2 is 2.16 bits per heavy atom. The summed E-state index contributed by atoms with van der Waals surface area (Å²) < 4.78 is 0. The lowest BCUT2D eigenvalue weighted by Gasteiger charge is -2.25. The van der Waals surface area contributed by atoms with Gasteiger partial charge in [0.2, 0.25) is 5.91 Å². The number of nitrogens with zero attached hydrogens (tertiary/aromatic N) is 3. The maximum atomic E-state index is 12.8. The minimum absolute atomic E-state index is 0.0261. The zero-order valence-electron chi connectivity index (χ0n) is 14.7. The molecule has 1 N–H and O–H groups in total. The maximum absolute atomic E-state index is 12.8. The molecule has 5 nitrogen and oxygen atoms in total. The molecule has 0 bridgehead atoms. The Bertz CT molecular complexity index is 772. The average Bonchev–Trinajstić information content (AvgIpc) is 3.13. The zero-order valence-corrected chi connectivity index (χ0v) is 14.7. The van der Waals surface area contributed by atoms with Crippen molar-refractivity contribution in [3.8, 4) is 0 Å². The summed E-state index contributed by atoms with van der Waals surface area (Å²) in [6.07, 6.45) is 5.30. The summed E-state index contributed by atoms with van der Waals surface area (Å²) in [6.45, 7) is 4.67. The van der Waals surface area contributed by atoms with E-state index in [-0.39, 0.29) is 11.9 Å². The van der Waals surface area contributed by atoms with Gasteiger partial charge in [0.1, 0.15) is 0 Å². The summed E-state index contributed by atoms with van der Waals surface area (Å²) in [5, 5.41) is 3.34. The highest BCUT2D eigenvalue weighted by Gasteiger charge is 2.32. The number of benzene rings is 1. The summed E-state index contributed by atoms with van der Waals surface area (Å²) >= 11 is 0. The van der Waals surface area contributed by atoms with Gasteiger partial charge in [-0.2, -0.15) is 0 Å². The van der Waals surface area contributed by atoms with Crippen LogP contribution in [-0.2, 0) is 24.2 Å². The molecule has 1 aromatic heterocycles. The molecular formula is C20H24N4O. The first kappa shape index (κ1) is 16.2. The summed E-state index contributed by atoms with van der Waals surface area (Å²) in [5.74, 6) is 0.991. The lowest BCUT2D eigenvalue weighted by atomic mass is 10.1. The number of hydrogen-bond acceptors (Lipinski definition) is 4. The van der Waals surface area contributed by atoms with Crippen molar-refractivity contribution in [2.24, 2.45) is 0 Å². The molecule has 1 amide bonds. The molecule has 3 heterocycles. The molecule has 2 aromatic rings. The number of aromatic nitrogens is 2. The molecule has 0 saturated carbocycles. The second-order valence-electron chi connectivity index (χ2n) is 7.03. The van der Waals surface area contributed by atoms with E-state index in [1.807, 2.05) is 23.2 Å². The molecule has 0 radical (unpaired) electrons. The fourth-order valence-electron chi connectivity index (χ4n) is 3.73. The van der Waals surface area contributed by atoms with Crippen LogP contribution in [-0.4, -0.2) is 33.9 Å². The summed E-state index contributed by atoms with van der Waals surface area (Å²) in [7, 11) is 0. The normalized spacial score (nSPS) is 19.7. The Labute approximate surface area is 148 Å². The van der Waals surface area contributed by atoms with Crippen molar-refractivity contribution in [3.05, 3.63) is 58.7 Å². The van der Waals surface area contributed by atoms with Gasteiger partial charge in [0.15, 0.2) is 5.82 Å². The topological polar surface area (TPSA) is 58.1 Å². The number of nitrogens with one attached hydrogen (secondary N) is 1.